The van der Waals surface area contributed by atoms with E-state index in [1.165, 1.54) is 6.33 Å². The van der Waals surface area contributed by atoms with E-state index in [0.29, 0.717) is 0 Å². The maximum atomic E-state index is 4.39. The minimum absolute atomic E-state index is 0.254. The van der Waals surface area contributed by atoms with Crippen molar-refractivity contribution in [3.63, 3.8) is 0 Å². The van der Waals surface area contributed by atoms with Crippen molar-refractivity contribution in [2.75, 3.05) is 7.05 Å². The van der Waals surface area contributed by atoms with Crippen LogP contribution < -0.4 is 5.32 Å². The zero-order chi connectivity index (χ0) is 9.97. The molecule has 0 amide bonds. The smallest absolute Gasteiger partial charge is 0.180 e. The Kier molecular flexibility index (Phi) is 2.41. The molecule has 0 radical (unpaired) electrons. The highest BCUT2D eigenvalue weighted by Gasteiger charge is 2.11. The zero-order valence-electron chi connectivity index (χ0n) is 8.28. The van der Waals surface area contributed by atoms with Gasteiger partial charge in [-0.05, 0) is 13.5 Å². The van der Waals surface area contributed by atoms with Crippen molar-refractivity contribution >= 4 is 11.2 Å². The Morgan fingerprint density at radius 1 is 1.57 bits per heavy atom. The fourth-order valence-corrected chi connectivity index (χ4v) is 1.48. The van der Waals surface area contributed by atoms with Crippen molar-refractivity contribution in [3.05, 3.63) is 18.3 Å². The highest BCUT2D eigenvalue weighted by molar-refractivity contribution is 5.68. The molecule has 2 heterocycles. The maximum Gasteiger partial charge on any atom is 0.180 e. The van der Waals surface area contributed by atoms with Crippen LogP contribution in [0, 0.1) is 0 Å². The van der Waals surface area contributed by atoms with E-state index < -0.39 is 0 Å². The van der Waals surface area contributed by atoms with Gasteiger partial charge in [-0.3, -0.25) is 0 Å². The summed E-state index contributed by atoms with van der Waals surface area (Å²) in [6.45, 7) is 2.11. The molecule has 2 rings (SSSR count). The summed E-state index contributed by atoms with van der Waals surface area (Å²) in [4.78, 5) is 15.6. The van der Waals surface area contributed by atoms with Gasteiger partial charge < -0.3 is 10.3 Å². The van der Waals surface area contributed by atoms with Gasteiger partial charge >= 0.3 is 0 Å². The molecule has 0 bridgehead atoms. The standard InChI is InChI=1S/C9H13N5/c1-3-6(10-2)9-13-7-4-11-5-12-8(7)14-9/h4-6,10H,3H2,1-2H3,(H,11,12,13,14). The zero-order valence-corrected chi connectivity index (χ0v) is 8.28. The summed E-state index contributed by atoms with van der Waals surface area (Å²) >= 11 is 0. The molecular formula is C9H13N5. The molecule has 0 aliphatic rings. The fraction of sp³-hybridized carbons (Fsp3) is 0.444. The number of imidazole rings is 1. The topological polar surface area (TPSA) is 66.5 Å². The molecule has 5 nitrogen and oxygen atoms in total. The lowest BCUT2D eigenvalue weighted by molar-refractivity contribution is 0.551. The molecule has 0 aromatic carbocycles. The van der Waals surface area contributed by atoms with Gasteiger partial charge in [0.1, 0.15) is 17.7 Å². The number of fused-ring (bicyclic) bond motifs is 1. The number of hydrogen-bond acceptors (Lipinski definition) is 4. The van der Waals surface area contributed by atoms with Crippen molar-refractivity contribution in [2.45, 2.75) is 19.4 Å². The second-order valence-corrected chi connectivity index (χ2v) is 3.13. The average molecular weight is 191 g/mol. The molecule has 2 aromatic heterocycles. The van der Waals surface area contributed by atoms with E-state index in [0.717, 1.165) is 23.4 Å². The van der Waals surface area contributed by atoms with Crippen LogP contribution in [0.5, 0.6) is 0 Å². The third-order valence-electron chi connectivity index (χ3n) is 2.27. The molecule has 14 heavy (non-hydrogen) atoms. The van der Waals surface area contributed by atoms with Gasteiger partial charge in [-0.15, -0.1) is 0 Å². The largest absolute Gasteiger partial charge is 0.338 e. The summed E-state index contributed by atoms with van der Waals surface area (Å²) in [6.07, 6.45) is 4.23. The van der Waals surface area contributed by atoms with Crippen molar-refractivity contribution in [1.29, 1.82) is 0 Å². The predicted molar refractivity (Wildman–Crippen MR) is 53.8 cm³/mol. The van der Waals surface area contributed by atoms with Crippen LogP contribution in [-0.2, 0) is 0 Å². The summed E-state index contributed by atoms with van der Waals surface area (Å²) in [7, 11) is 1.92. The van der Waals surface area contributed by atoms with E-state index in [2.05, 4.69) is 32.2 Å². The molecule has 5 heteroatoms. The molecule has 2 N–H and O–H groups in total. The van der Waals surface area contributed by atoms with Gasteiger partial charge in [0.2, 0.25) is 0 Å². The predicted octanol–water partition coefficient (Wildman–Crippen LogP) is 1.02. The first-order valence-corrected chi connectivity index (χ1v) is 4.68. The van der Waals surface area contributed by atoms with Crippen LogP contribution in [0.4, 0.5) is 0 Å². The van der Waals surface area contributed by atoms with Crippen LogP contribution in [0.1, 0.15) is 25.2 Å². The van der Waals surface area contributed by atoms with Crippen LogP contribution in [0.3, 0.4) is 0 Å². The van der Waals surface area contributed by atoms with Gasteiger partial charge in [0.05, 0.1) is 12.2 Å². The molecule has 0 saturated carbocycles. The molecule has 0 saturated heterocycles. The molecule has 2 aromatic rings. The van der Waals surface area contributed by atoms with E-state index in [1.54, 1.807) is 6.20 Å². The highest BCUT2D eigenvalue weighted by Crippen LogP contribution is 2.15. The maximum absolute atomic E-state index is 4.39. The normalized spacial score (nSPS) is 13.3. The minimum Gasteiger partial charge on any atom is -0.338 e. The van der Waals surface area contributed by atoms with Gasteiger partial charge in [-0.1, -0.05) is 6.92 Å². The lowest BCUT2D eigenvalue weighted by atomic mass is 10.2. The molecular weight excluding hydrogens is 178 g/mol. The van der Waals surface area contributed by atoms with Gasteiger partial charge in [0.15, 0.2) is 5.65 Å². The Morgan fingerprint density at radius 3 is 3.07 bits per heavy atom. The molecule has 1 unspecified atom stereocenters. The average Bonchev–Trinajstić information content (AvgIpc) is 2.63. The first-order chi connectivity index (χ1) is 6.85. The van der Waals surface area contributed by atoms with Crippen molar-refractivity contribution < 1.29 is 0 Å². The summed E-state index contributed by atoms with van der Waals surface area (Å²) in [5, 5.41) is 3.19. The van der Waals surface area contributed by atoms with Crippen molar-refractivity contribution in [1.82, 2.24) is 25.3 Å². The number of rotatable bonds is 3. The lowest BCUT2D eigenvalue weighted by Gasteiger charge is -2.09. The van der Waals surface area contributed by atoms with Crippen molar-refractivity contribution in [2.24, 2.45) is 0 Å². The third-order valence-corrected chi connectivity index (χ3v) is 2.27. The van der Waals surface area contributed by atoms with Crippen LogP contribution in [0.15, 0.2) is 12.5 Å². The van der Waals surface area contributed by atoms with E-state index in [-0.39, 0.29) is 6.04 Å². The van der Waals surface area contributed by atoms with Crippen LogP contribution >= 0.6 is 0 Å². The quantitative estimate of drug-likeness (QED) is 0.760. The Labute approximate surface area is 82.0 Å². The number of aromatic amines is 1. The number of H-pyrrole nitrogens is 1. The number of hydrogen-bond donors (Lipinski definition) is 2. The third kappa shape index (κ3) is 1.46. The van der Waals surface area contributed by atoms with Crippen LogP contribution in [0.25, 0.3) is 11.2 Å². The Morgan fingerprint density at radius 2 is 2.43 bits per heavy atom. The van der Waals surface area contributed by atoms with E-state index >= 15 is 0 Å². The molecule has 1 atom stereocenters. The Hall–Kier alpha value is -1.49. The number of aromatic nitrogens is 4. The number of nitrogens with zero attached hydrogens (tertiary/aromatic N) is 3. The van der Waals surface area contributed by atoms with Crippen LogP contribution in [-0.4, -0.2) is 27.0 Å². The van der Waals surface area contributed by atoms with Gasteiger partial charge in [-0.25, -0.2) is 15.0 Å². The first kappa shape index (κ1) is 9.08. The van der Waals surface area contributed by atoms with E-state index in [1.807, 2.05) is 7.05 Å². The minimum atomic E-state index is 0.254. The summed E-state index contributed by atoms with van der Waals surface area (Å²) in [6, 6.07) is 0.254. The highest BCUT2D eigenvalue weighted by atomic mass is 15.1. The Balaban J connectivity index is 2.43. The first-order valence-electron chi connectivity index (χ1n) is 4.68. The Bertz CT molecular complexity index is 385. The SMILES string of the molecule is CCC(NC)c1nc2ncncc2[nH]1. The lowest BCUT2D eigenvalue weighted by Crippen LogP contribution is -2.16. The summed E-state index contributed by atoms with van der Waals surface area (Å²) < 4.78 is 0. The molecule has 0 aliphatic carbocycles. The van der Waals surface area contributed by atoms with Crippen LogP contribution in [0.2, 0.25) is 0 Å². The van der Waals surface area contributed by atoms with E-state index in [4.69, 9.17) is 0 Å². The summed E-state index contributed by atoms with van der Waals surface area (Å²) in [5.74, 6) is 0.922. The monoisotopic (exact) mass is 191 g/mol. The number of nitrogens with one attached hydrogen (secondary N) is 2. The molecule has 0 spiro atoms. The van der Waals surface area contributed by atoms with Crippen molar-refractivity contribution in [3.8, 4) is 0 Å². The second kappa shape index (κ2) is 3.71. The van der Waals surface area contributed by atoms with E-state index in [9.17, 15) is 0 Å². The second-order valence-electron chi connectivity index (χ2n) is 3.13. The molecule has 74 valence electrons. The molecule has 0 fully saturated rings. The van der Waals surface area contributed by atoms with Gasteiger partial charge in [0.25, 0.3) is 0 Å². The molecule has 0 aliphatic heterocycles. The van der Waals surface area contributed by atoms with Gasteiger partial charge in [-0.2, -0.15) is 0 Å². The fourth-order valence-electron chi connectivity index (χ4n) is 1.48. The summed E-state index contributed by atoms with van der Waals surface area (Å²) in [5.41, 5.74) is 1.61. The van der Waals surface area contributed by atoms with Gasteiger partial charge in [0, 0.05) is 0 Å².